The van der Waals surface area contributed by atoms with E-state index in [0.717, 1.165) is 17.5 Å². The molecule has 0 aliphatic heterocycles. The highest BCUT2D eigenvalue weighted by molar-refractivity contribution is 5.31. The monoisotopic (exact) mass is 179 g/mol. The summed E-state index contributed by atoms with van der Waals surface area (Å²) >= 11 is 0. The van der Waals surface area contributed by atoms with Gasteiger partial charge in [0.2, 0.25) is 0 Å². The average Bonchev–Trinajstić information content (AvgIpc) is 2.03. The molecule has 1 aromatic rings. The molecule has 1 rings (SSSR count). The quantitative estimate of drug-likeness (QED) is 0.736. The van der Waals surface area contributed by atoms with Gasteiger partial charge in [0.15, 0.2) is 0 Å². The van der Waals surface area contributed by atoms with Gasteiger partial charge in [-0.25, -0.2) is 0 Å². The van der Waals surface area contributed by atoms with Crippen molar-refractivity contribution in [3.05, 3.63) is 34.9 Å². The zero-order valence-electron chi connectivity index (χ0n) is 8.25. The summed E-state index contributed by atoms with van der Waals surface area (Å²) in [5.74, 6) is 0. The summed E-state index contributed by atoms with van der Waals surface area (Å²) in [4.78, 5) is 0. The van der Waals surface area contributed by atoms with Crippen LogP contribution in [0.15, 0.2) is 18.2 Å². The van der Waals surface area contributed by atoms with Gasteiger partial charge in [0, 0.05) is 6.04 Å². The van der Waals surface area contributed by atoms with Gasteiger partial charge in [-0.05, 0) is 31.4 Å². The molecule has 0 fully saturated rings. The molecule has 1 aromatic carbocycles. The van der Waals surface area contributed by atoms with E-state index in [0.29, 0.717) is 0 Å². The molecule has 0 saturated carbocycles. The van der Waals surface area contributed by atoms with Crippen LogP contribution in [0.25, 0.3) is 0 Å². The van der Waals surface area contributed by atoms with Crippen molar-refractivity contribution >= 4 is 0 Å². The minimum absolute atomic E-state index is 0.0995. The van der Waals surface area contributed by atoms with Gasteiger partial charge in [0.1, 0.15) is 0 Å². The van der Waals surface area contributed by atoms with Crippen LogP contribution in [0.4, 0.5) is 0 Å². The van der Waals surface area contributed by atoms with Crippen molar-refractivity contribution in [1.29, 1.82) is 0 Å². The van der Waals surface area contributed by atoms with Gasteiger partial charge in [-0.2, -0.15) is 0 Å². The first kappa shape index (κ1) is 10.2. The molecule has 0 amide bonds. The average molecular weight is 179 g/mol. The molecule has 0 bridgehead atoms. The minimum atomic E-state index is 0.0995. The molecular weight excluding hydrogens is 162 g/mol. The Morgan fingerprint density at radius 2 is 2.08 bits per heavy atom. The predicted octanol–water partition coefficient (Wildman–Crippen LogP) is 1.38. The number of benzene rings is 1. The topological polar surface area (TPSA) is 46.2 Å². The second kappa shape index (κ2) is 4.40. The Balaban J connectivity index is 2.94. The van der Waals surface area contributed by atoms with E-state index in [9.17, 15) is 0 Å². The Morgan fingerprint density at radius 1 is 1.38 bits per heavy atom. The maximum absolute atomic E-state index is 9.08. The maximum atomic E-state index is 9.08. The summed E-state index contributed by atoms with van der Waals surface area (Å²) in [5, 5.41) is 9.08. The standard InChI is InChI=1S/C11H17NO/c1-8-3-4-10(7-13)11(5-8)6-9(2)12/h3-5,9,13H,6-7,12H2,1-2H3. The van der Waals surface area contributed by atoms with Gasteiger partial charge in [-0.1, -0.05) is 23.8 Å². The lowest BCUT2D eigenvalue weighted by Gasteiger charge is -2.10. The molecule has 72 valence electrons. The molecule has 13 heavy (non-hydrogen) atoms. The van der Waals surface area contributed by atoms with E-state index in [4.69, 9.17) is 10.8 Å². The van der Waals surface area contributed by atoms with Crippen molar-refractivity contribution in [2.24, 2.45) is 5.73 Å². The van der Waals surface area contributed by atoms with E-state index in [-0.39, 0.29) is 12.6 Å². The molecule has 1 unspecified atom stereocenters. The molecule has 2 heteroatoms. The van der Waals surface area contributed by atoms with Crippen molar-refractivity contribution in [2.45, 2.75) is 32.9 Å². The Kier molecular flexibility index (Phi) is 3.46. The lowest BCUT2D eigenvalue weighted by Crippen LogP contribution is -2.18. The van der Waals surface area contributed by atoms with E-state index < -0.39 is 0 Å². The summed E-state index contributed by atoms with van der Waals surface area (Å²) in [6, 6.07) is 6.21. The summed E-state index contributed by atoms with van der Waals surface area (Å²) in [6.07, 6.45) is 0.831. The number of hydrogen-bond donors (Lipinski definition) is 2. The van der Waals surface area contributed by atoms with Crippen LogP contribution in [0.3, 0.4) is 0 Å². The Bertz CT molecular complexity index is 281. The molecule has 0 saturated heterocycles. The third-order valence-corrected chi connectivity index (χ3v) is 2.07. The fraction of sp³-hybridized carbons (Fsp3) is 0.455. The third kappa shape index (κ3) is 2.83. The number of aliphatic hydroxyl groups is 1. The first-order chi connectivity index (χ1) is 6.13. The fourth-order valence-corrected chi connectivity index (χ4v) is 1.45. The highest BCUT2D eigenvalue weighted by Gasteiger charge is 2.03. The first-order valence-corrected chi connectivity index (χ1v) is 4.58. The van der Waals surface area contributed by atoms with Crippen molar-refractivity contribution < 1.29 is 5.11 Å². The lowest BCUT2D eigenvalue weighted by atomic mass is 9.99. The highest BCUT2D eigenvalue weighted by atomic mass is 16.3. The van der Waals surface area contributed by atoms with Crippen molar-refractivity contribution in [1.82, 2.24) is 0 Å². The van der Waals surface area contributed by atoms with Crippen LogP contribution in [0.5, 0.6) is 0 Å². The lowest BCUT2D eigenvalue weighted by molar-refractivity contribution is 0.280. The summed E-state index contributed by atoms with van der Waals surface area (Å²) in [6.45, 7) is 4.12. The van der Waals surface area contributed by atoms with Crippen LogP contribution < -0.4 is 5.73 Å². The highest BCUT2D eigenvalue weighted by Crippen LogP contribution is 2.13. The number of rotatable bonds is 3. The summed E-state index contributed by atoms with van der Waals surface area (Å²) in [5.41, 5.74) is 9.09. The van der Waals surface area contributed by atoms with E-state index >= 15 is 0 Å². The van der Waals surface area contributed by atoms with Crippen molar-refractivity contribution in [2.75, 3.05) is 0 Å². The third-order valence-electron chi connectivity index (χ3n) is 2.07. The fourth-order valence-electron chi connectivity index (χ4n) is 1.45. The van der Waals surface area contributed by atoms with Gasteiger partial charge in [-0.15, -0.1) is 0 Å². The van der Waals surface area contributed by atoms with E-state index in [1.807, 2.05) is 26.0 Å². The molecule has 1 atom stereocenters. The predicted molar refractivity (Wildman–Crippen MR) is 54.5 cm³/mol. The van der Waals surface area contributed by atoms with Crippen LogP contribution >= 0.6 is 0 Å². The molecule has 3 N–H and O–H groups in total. The van der Waals surface area contributed by atoms with Crippen molar-refractivity contribution in [3.63, 3.8) is 0 Å². The second-order valence-electron chi connectivity index (χ2n) is 3.61. The van der Waals surface area contributed by atoms with E-state index in [1.54, 1.807) is 0 Å². The molecule has 0 radical (unpaired) electrons. The van der Waals surface area contributed by atoms with Crippen LogP contribution in [-0.2, 0) is 13.0 Å². The molecule has 0 aliphatic rings. The summed E-state index contributed by atoms with van der Waals surface area (Å²) < 4.78 is 0. The largest absolute Gasteiger partial charge is 0.392 e. The van der Waals surface area contributed by atoms with Crippen LogP contribution in [-0.4, -0.2) is 11.1 Å². The van der Waals surface area contributed by atoms with Crippen LogP contribution in [0, 0.1) is 6.92 Å². The normalized spacial score (nSPS) is 12.9. The molecule has 0 aliphatic carbocycles. The number of aryl methyl sites for hydroxylation is 1. The number of nitrogens with two attached hydrogens (primary N) is 1. The Hall–Kier alpha value is -0.860. The van der Waals surface area contributed by atoms with Gasteiger partial charge in [-0.3, -0.25) is 0 Å². The van der Waals surface area contributed by atoms with E-state index in [1.165, 1.54) is 5.56 Å². The molecule has 0 aromatic heterocycles. The first-order valence-electron chi connectivity index (χ1n) is 4.58. The molecular formula is C11H17NO. The second-order valence-corrected chi connectivity index (χ2v) is 3.61. The molecule has 0 heterocycles. The zero-order chi connectivity index (χ0) is 9.84. The Morgan fingerprint density at radius 3 is 2.62 bits per heavy atom. The number of hydrogen-bond acceptors (Lipinski definition) is 2. The smallest absolute Gasteiger partial charge is 0.0684 e. The van der Waals surface area contributed by atoms with Gasteiger partial charge in [0.05, 0.1) is 6.61 Å². The van der Waals surface area contributed by atoms with Gasteiger partial charge < -0.3 is 10.8 Å². The zero-order valence-corrected chi connectivity index (χ0v) is 8.25. The van der Waals surface area contributed by atoms with E-state index in [2.05, 4.69) is 6.07 Å². The Labute approximate surface area is 79.4 Å². The minimum Gasteiger partial charge on any atom is -0.392 e. The molecule has 0 spiro atoms. The molecule has 2 nitrogen and oxygen atoms in total. The maximum Gasteiger partial charge on any atom is 0.0684 e. The SMILES string of the molecule is Cc1ccc(CO)c(CC(C)N)c1. The van der Waals surface area contributed by atoms with Crippen molar-refractivity contribution in [3.8, 4) is 0 Å². The van der Waals surface area contributed by atoms with Crippen LogP contribution in [0.2, 0.25) is 0 Å². The number of aliphatic hydroxyl groups excluding tert-OH is 1. The van der Waals surface area contributed by atoms with Gasteiger partial charge >= 0.3 is 0 Å². The van der Waals surface area contributed by atoms with Crippen LogP contribution in [0.1, 0.15) is 23.6 Å². The van der Waals surface area contributed by atoms with Gasteiger partial charge in [0.25, 0.3) is 0 Å². The summed E-state index contributed by atoms with van der Waals surface area (Å²) in [7, 11) is 0.